The van der Waals surface area contributed by atoms with Gasteiger partial charge in [-0.2, -0.15) is 0 Å². The average molecular weight is 500 g/mol. The Labute approximate surface area is 214 Å². The molecular formula is C28H29N5O4. The van der Waals surface area contributed by atoms with Gasteiger partial charge >= 0.3 is 0 Å². The minimum Gasteiger partial charge on any atom is -0.396 e. The molecule has 4 atom stereocenters. The van der Waals surface area contributed by atoms with Gasteiger partial charge in [-0.1, -0.05) is 6.07 Å². The molecule has 6 rings (SSSR count). The predicted octanol–water partition coefficient (Wildman–Crippen LogP) is 1.56. The Balaban J connectivity index is 1.31. The van der Waals surface area contributed by atoms with Gasteiger partial charge in [-0.15, -0.1) is 0 Å². The summed E-state index contributed by atoms with van der Waals surface area (Å²) in [6.45, 7) is 0.534. The zero-order valence-corrected chi connectivity index (χ0v) is 20.4. The lowest BCUT2D eigenvalue weighted by Gasteiger charge is -2.31. The highest BCUT2D eigenvalue weighted by Gasteiger charge is 2.58. The van der Waals surface area contributed by atoms with E-state index in [2.05, 4.69) is 15.3 Å². The number of hydrogen-bond donors (Lipinski definition) is 2. The van der Waals surface area contributed by atoms with Gasteiger partial charge in [-0.05, 0) is 55.2 Å². The molecule has 0 spiro atoms. The number of pyridine rings is 3. The molecule has 3 aromatic heterocycles. The van der Waals surface area contributed by atoms with Crippen LogP contribution in [0.25, 0.3) is 11.1 Å². The van der Waals surface area contributed by atoms with E-state index in [9.17, 15) is 19.5 Å². The number of aromatic nitrogens is 3. The van der Waals surface area contributed by atoms with E-state index < -0.39 is 18.0 Å². The van der Waals surface area contributed by atoms with E-state index in [1.54, 1.807) is 46.4 Å². The second-order valence-electron chi connectivity index (χ2n) is 10.1. The van der Waals surface area contributed by atoms with Crippen molar-refractivity contribution < 1.29 is 14.7 Å². The first-order valence-corrected chi connectivity index (χ1v) is 12.8. The number of hydrogen-bond acceptors (Lipinski definition) is 6. The van der Waals surface area contributed by atoms with Gasteiger partial charge in [0.15, 0.2) is 0 Å². The molecule has 3 aliphatic rings. The van der Waals surface area contributed by atoms with E-state index in [-0.39, 0.29) is 35.8 Å². The van der Waals surface area contributed by atoms with Crippen molar-refractivity contribution in [1.29, 1.82) is 0 Å². The number of aliphatic hydroxyl groups is 1. The van der Waals surface area contributed by atoms with E-state index in [4.69, 9.17) is 0 Å². The van der Waals surface area contributed by atoms with Crippen LogP contribution in [0.5, 0.6) is 0 Å². The molecule has 0 aromatic carbocycles. The fourth-order valence-corrected chi connectivity index (χ4v) is 6.00. The van der Waals surface area contributed by atoms with E-state index in [0.717, 1.165) is 29.7 Å². The summed E-state index contributed by atoms with van der Waals surface area (Å²) in [5.41, 5.74) is 2.91. The summed E-state index contributed by atoms with van der Waals surface area (Å²) < 4.78 is 1.71. The van der Waals surface area contributed by atoms with Gasteiger partial charge in [-0.3, -0.25) is 24.4 Å². The quantitative estimate of drug-likeness (QED) is 0.510. The molecule has 3 aromatic rings. The predicted molar refractivity (Wildman–Crippen MR) is 135 cm³/mol. The maximum atomic E-state index is 13.6. The van der Waals surface area contributed by atoms with Crippen molar-refractivity contribution in [3.8, 4) is 11.1 Å². The van der Waals surface area contributed by atoms with Crippen LogP contribution in [-0.4, -0.2) is 55.5 Å². The highest BCUT2D eigenvalue weighted by atomic mass is 16.3. The Morgan fingerprint density at radius 1 is 1.05 bits per heavy atom. The summed E-state index contributed by atoms with van der Waals surface area (Å²) in [6, 6.07) is 9.92. The number of aliphatic hydroxyl groups excluding tert-OH is 1. The van der Waals surface area contributed by atoms with Crippen molar-refractivity contribution >= 4 is 11.8 Å². The van der Waals surface area contributed by atoms with Crippen LogP contribution in [0.3, 0.4) is 0 Å². The molecule has 37 heavy (non-hydrogen) atoms. The minimum atomic E-state index is -0.771. The molecular weight excluding hydrogens is 470 g/mol. The smallest absolute Gasteiger partial charge is 0.258 e. The maximum Gasteiger partial charge on any atom is 0.258 e. The van der Waals surface area contributed by atoms with Gasteiger partial charge in [0.25, 0.3) is 5.56 Å². The van der Waals surface area contributed by atoms with Crippen LogP contribution in [-0.2, 0) is 22.6 Å². The molecule has 1 aliphatic carbocycles. The van der Waals surface area contributed by atoms with Crippen molar-refractivity contribution in [2.75, 3.05) is 13.2 Å². The first kappa shape index (κ1) is 23.5. The highest BCUT2D eigenvalue weighted by Crippen LogP contribution is 2.51. The lowest BCUT2D eigenvalue weighted by atomic mass is 9.88. The van der Waals surface area contributed by atoms with Crippen LogP contribution in [0.4, 0.5) is 0 Å². The normalized spacial score (nSPS) is 24.0. The average Bonchev–Trinajstić information content (AvgIpc) is 3.63. The zero-order chi connectivity index (χ0) is 25.5. The fraction of sp³-hybridized carbons (Fsp3) is 0.393. The van der Waals surface area contributed by atoms with Gasteiger partial charge in [0.1, 0.15) is 6.04 Å². The summed E-state index contributed by atoms with van der Waals surface area (Å²) >= 11 is 0. The second kappa shape index (κ2) is 9.55. The molecule has 1 saturated heterocycles. The molecule has 2 amide bonds. The summed E-state index contributed by atoms with van der Waals surface area (Å²) in [5, 5.41) is 13.4. The zero-order valence-electron chi connectivity index (χ0n) is 20.4. The van der Waals surface area contributed by atoms with Crippen LogP contribution in [0, 0.1) is 17.8 Å². The first-order chi connectivity index (χ1) is 18.1. The van der Waals surface area contributed by atoms with E-state index in [0.29, 0.717) is 25.1 Å². The number of nitrogens with zero attached hydrogens (tertiary/aromatic N) is 4. The van der Waals surface area contributed by atoms with Crippen molar-refractivity contribution in [1.82, 2.24) is 24.8 Å². The minimum absolute atomic E-state index is 0.0579. The van der Waals surface area contributed by atoms with Gasteiger partial charge in [-0.25, -0.2) is 0 Å². The molecule has 2 N–H and O–H groups in total. The number of carbonyl (C=O) groups is 2. The van der Waals surface area contributed by atoms with Crippen molar-refractivity contribution in [2.24, 2.45) is 17.8 Å². The van der Waals surface area contributed by atoms with Gasteiger partial charge < -0.3 is 19.9 Å². The number of likely N-dealkylation sites (tertiary alicyclic amines) is 1. The van der Waals surface area contributed by atoms with Crippen LogP contribution < -0.4 is 10.9 Å². The largest absolute Gasteiger partial charge is 0.396 e. The number of carbonyl (C=O) groups excluding carboxylic acids is 2. The number of fused-ring (bicyclic) bond motifs is 3. The Bertz CT molecular complexity index is 1370. The standard InChI is InChI=1S/C28H29N5O4/c34-16-22-21-15-32-23(6-5-20(28(32)37)19-2-1-10-30-14-19)24(21)33(27(36)18-3-4-18)25(22)26(35)31-13-9-17-7-11-29-12-8-17/h1-2,5-8,10-12,14,18,21-22,24-25,34H,3-4,9,13,15-16H2,(H,31,35)/t21-,22-,24+,25-/m1/s1. The summed E-state index contributed by atoms with van der Waals surface area (Å²) in [6.07, 6.45) is 9.00. The lowest BCUT2D eigenvalue weighted by Crippen LogP contribution is -2.51. The SMILES string of the molecule is O=C(NCCc1ccncc1)[C@H]1[C@H](CO)[C@H]2Cn3c(ccc(-c4cccnc4)c3=O)[C@H]2N1C(=O)C1CC1. The topological polar surface area (TPSA) is 117 Å². The van der Waals surface area contributed by atoms with E-state index in [1.807, 2.05) is 24.3 Å². The van der Waals surface area contributed by atoms with Crippen LogP contribution in [0.1, 0.15) is 30.1 Å². The molecule has 0 unspecified atom stereocenters. The molecule has 9 nitrogen and oxygen atoms in total. The van der Waals surface area contributed by atoms with Crippen molar-refractivity contribution in [3.63, 3.8) is 0 Å². The Morgan fingerprint density at radius 3 is 2.57 bits per heavy atom. The maximum absolute atomic E-state index is 13.6. The molecule has 0 radical (unpaired) electrons. The van der Waals surface area contributed by atoms with Gasteiger partial charge in [0, 0.05) is 79.1 Å². The third-order valence-corrected chi connectivity index (χ3v) is 7.96. The Kier molecular flexibility index (Phi) is 6.08. The molecule has 9 heteroatoms. The van der Waals surface area contributed by atoms with Gasteiger partial charge in [0.05, 0.1) is 6.04 Å². The third kappa shape index (κ3) is 4.13. The highest BCUT2D eigenvalue weighted by molar-refractivity contribution is 5.91. The van der Waals surface area contributed by atoms with Crippen molar-refractivity contribution in [3.05, 3.63) is 82.8 Å². The molecule has 2 aliphatic heterocycles. The monoisotopic (exact) mass is 499 g/mol. The Hall–Kier alpha value is -3.85. The molecule has 2 fully saturated rings. The molecule has 1 saturated carbocycles. The molecule has 5 heterocycles. The third-order valence-electron chi connectivity index (χ3n) is 7.96. The number of rotatable bonds is 7. The van der Waals surface area contributed by atoms with Gasteiger partial charge in [0.2, 0.25) is 11.8 Å². The second-order valence-corrected chi connectivity index (χ2v) is 10.1. The first-order valence-electron chi connectivity index (χ1n) is 12.8. The lowest BCUT2D eigenvalue weighted by molar-refractivity contribution is -0.142. The van der Waals surface area contributed by atoms with E-state index in [1.165, 1.54) is 0 Å². The van der Waals surface area contributed by atoms with Crippen molar-refractivity contribution in [2.45, 2.75) is 37.9 Å². The fourth-order valence-electron chi connectivity index (χ4n) is 6.00. The number of nitrogens with one attached hydrogen (secondary N) is 1. The summed E-state index contributed by atoms with van der Waals surface area (Å²) in [4.78, 5) is 50.4. The Morgan fingerprint density at radius 2 is 1.86 bits per heavy atom. The van der Waals surface area contributed by atoms with E-state index >= 15 is 0 Å². The van der Waals surface area contributed by atoms with Crippen LogP contribution >= 0.6 is 0 Å². The van der Waals surface area contributed by atoms with Crippen LogP contribution in [0.15, 0.2) is 66.0 Å². The number of amides is 2. The molecule has 0 bridgehead atoms. The van der Waals surface area contributed by atoms with Crippen LogP contribution in [0.2, 0.25) is 0 Å². The molecule has 190 valence electrons. The summed E-state index contributed by atoms with van der Waals surface area (Å²) in [5.74, 6) is -1.09. The summed E-state index contributed by atoms with van der Waals surface area (Å²) in [7, 11) is 0.